The Hall–Kier alpha value is -11.8. The second-order valence-electron chi connectivity index (χ2n) is 33.1. The molecule has 95 heavy (non-hydrogen) atoms. The molecule has 25 aliphatic carbocycles. The zero-order valence-corrected chi connectivity index (χ0v) is 46.1. The van der Waals surface area contributed by atoms with Gasteiger partial charge in [-0.15, -0.1) is 0 Å². The number of hydrogen-bond donors (Lipinski definition) is 10. The Morgan fingerprint density at radius 3 is 0.337 bits per heavy atom. The summed E-state index contributed by atoms with van der Waals surface area (Å²) < 4.78 is 0. The van der Waals surface area contributed by atoms with E-state index >= 15 is 47.9 Å². The molecular weight excluding hydrogens is 1220 g/mol. The molecule has 5 fully saturated rings. The van der Waals surface area contributed by atoms with Crippen molar-refractivity contribution in [2.24, 2.45) is 27.1 Å². The molecule has 12 aromatic carbocycles. The number of rotatable bonds is 10. The van der Waals surface area contributed by atoms with E-state index in [0.29, 0.717) is 75.4 Å². The third kappa shape index (κ3) is 1.73. The van der Waals surface area contributed by atoms with Gasteiger partial charge in [-0.25, -0.2) is 0 Å². The lowest BCUT2D eigenvalue weighted by molar-refractivity contribution is -0.160. The number of carbonyl (C=O) groups is 10. The minimum Gasteiger partial charge on any atom is -0.480 e. The van der Waals surface area contributed by atoms with Gasteiger partial charge in [0.15, 0.2) is 27.1 Å². The van der Waals surface area contributed by atoms with E-state index in [4.69, 9.17) is 0 Å². The Morgan fingerprint density at radius 2 is 0.221 bits per heavy atom. The van der Waals surface area contributed by atoms with Crippen LogP contribution in [0, 0.1) is 27.1 Å². The molecule has 10 N–H and O–H groups in total. The lowest BCUT2D eigenvalue weighted by Gasteiger charge is -2.37. The molecule has 10 spiro atoms. The van der Waals surface area contributed by atoms with Crippen LogP contribution in [0.25, 0.3) is 164 Å². The SMILES string of the molecule is O=C(O)C1(C(=O)O)C23c4c5c6c7c8c4-c4c2c2c9c%10c4C4%11c%12c-%10c%10c%13c%14c%15c%16c%17c%18c%19c%20c%21c%22c%23c%24c(c-7c(c7c%12c%13c(c7%24)c(c%19%23)c%18%14)C84C%11(C(=O)O)C(=O)O)C%224C(C(=O)O)(C(=O)O)C64c4c-5c5c6c(c4-%21)C%204C(C(=O)O)(C(=O)O)C%174c4c-6c(c-2c(c4-%16)C92C(C(=O)O)(C(=O)O)C%10%152)C513. The van der Waals surface area contributed by atoms with Gasteiger partial charge in [-0.2, -0.15) is 0 Å². The van der Waals surface area contributed by atoms with Crippen LogP contribution in [-0.2, 0) is 102 Å². The van der Waals surface area contributed by atoms with Crippen LogP contribution in [-0.4, -0.2) is 111 Å². The summed E-state index contributed by atoms with van der Waals surface area (Å²) >= 11 is 0. The van der Waals surface area contributed by atoms with E-state index in [1.54, 1.807) is 0 Å². The van der Waals surface area contributed by atoms with Gasteiger partial charge < -0.3 is 51.1 Å². The van der Waals surface area contributed by atoms with Crippen molar-refractivity contribution in [2.45, 2.75) is 54.1 Å². The summed E-state index contributed by atoms with van der Waals surface area (Å²) in [5.41, 5.74) is -32.8. The van der Waals surface area contributed by atoms with Crippen LogP contribution in [0.2, 0.25) is 0 Å². The van der Waals surface area contributed by atoms with Crippen LogP contribution in [0.4, 0.5) is 0 Å². The van der Waals surface area contributed by atoms with Crippen molar-refractivity contribution in [3.8, 4) is 89.0 Å². The third-order valence-corrected chi connectivity index (χ3v) is 35.1. The Balaban J connectivity index is 1.03. The van der Waals surface area contributed by atoms with Crippen molar-refractivity contribution >= 4 is 135 Å². The van der Waals surface area contributed by atoms with Gasteiger partial charge in [-0.3, -0.25) is 47.9 Å². The summed E-state index contributed by atoms with van der Waals surface area (Å²) in [5, 5.41) is 138. The second-order valence-corrected chi connectivity index (χ2v) is 33.1. The minimum atomic E-state index is -3.12. The first kappa shape index (κ1) is 40.2. The van der Waals surface area contributed by atoms with Gasteiger partial charge in [0.05, 0.1) is 54.1 Å². The highest BCUT2D eigenvalue weighted by Gasteiger charge is 3.15. The Morgan fingerprint density at radius 1 is 0.137 bits per heavy atom. The van der Waals surface area contributed by atoms with Gasteiger partial charge in [0.1, 0.15) is 0 Å². The van der Waals surface area contributed by atoms with Crippen LogP contribution >= 0.6 is 0 Å². The zero-order valence-electron chi connectivity index (χ0n) is 46.1. The summed E-state index contributed by atoms with van der Waals surface area (Å²) in [4.78, 5) is 162. The van der Waals surface area contributed by atoms with Crippen LogP contribution in [0.1, 0.15) is 111 Å². The van der Waals surface area contributed by atoms with Crippen LogP contribution in [0.3, 0.4) is 0 Å². The molecule has 20 heteroatoms. The smallest absolute Gasteiger partial charge is 0.323 e. The molecule has 5 saturated carbocycles. The topological polar surface area (TPSA) is 373 Å². The molecule has 20 nitrogen and oxygen atoms in total. The monoisotopic (exact) mass is 1230 g/mol. The number of benzene rings is 10. The summed E-state index contributed by atoms with van der Waals surface area (Å²) in [5.74, 6) is -17.8. The van der Waals surface area contributed by atoms with Gasteiger partial charge >= 0.3 is 59.7 Å². The van der Waals surface area contributed by atoms with Crippen molar-refractivity contribution in [3.05, 3.63) is 111 Å². The van der Waals surface area contributed by atoms with Gasteiger partial charge in [0, 0.05) is 0 Å². The molecule has 0 aliphatic heterocycles. The van der Waals surface area contributed by atoms with Crippen molar-refractivity contribution in [1.82, 2.24) is 0 Å². The molecule has 0 aromatic heterocycles. The lowest BCUT2D eigenvalue weighted by Crippen LogP contribution is -2.37. The van der Waals surface area contributed by atoms with E-state index in [1.807, 2.05) is 0 Å². The maximum absolute atomic E-state index is 16.3. The molecule has 37 rings (SSSR count). The standard InChI is InChI=1S/C75H10O20/c76-51(77)71(52(78)79)61-31-7-3-1-2-5-9(7)33(61)17-21-41-25-26-42-22-18-34-10(6(2)14-13(5)37(17)65(41)66(42,38(14)18)74(65,57(88)89)58(90)91)8-4(1)12-11(3)35-15(31)19-39-23-24-40-20-16(36(12)64(40)63(35,39)73(64,55(84)85)56(86)87)32(8)62(34)68(72(62,53(80)81)54(82)83)44(20)28-30(46(22)68)50(26)70-49(25)29-27(43(19)67(61,71)45(21)29)47(23)69(70,48(24)28)75(70,59(92)93)60(94)95/h(H,76,77)(H,78,79)(H,80,81)(H,82,83)(H,84,85)(H,86,87)(H,88,89)(H,90,91)(H,92,93)(H,94,95). The number of carboxylic acids is 10. The molecule has 0 bridgehead atoms. The fourth-order valence-corrected chi connectivity index (χ4v) is 36.5. The highest BCUT2D eigenvalue weighted by atomic mass is 16.4. The Bertz CT molecular complexity index is 6950. The molecule has 430 valence electrons. The normalized spacial score (nSPS) is 37.1. The molecule has 12 aromatic rings. The fraction of sp³-hybridized carbons (Fsp3) is 0.200. The third-order valence-electron chi connectivity index (χ3n) is 35.1. The first-order valence-electron chi connectivity index (χ1n) is 31.8. The molecule has 4 unspecified atom stereocenters. The first-order chi connectivity index (χ1) is 45.6. The summed E-state index contributed by atoms with van der Waals surface area (Å²) in [6, 6.07) is 0. The molecule has 0 radical (unpaired) electrons. The predicted molar refractivity (Wildman–Crippen MR) is 308 cm³/mol. The molecule has 25 aliphatic rings. The quantitative estimate of drug-likeness (QED) is 0.0553. The lowest BCUT2D eigenvalue weighted by atomic mass is 9.63. The molecule has 0 heterocycles. The van der Waals surface area contributed by atoms with Crippen molar-refractivity contribution < 1.29 is 99.0 Å². The fourth-order valence-electron chi connectivity index (χ4n) is 36.5. The average molecular weight is 1230 g/mol. The van der Waals surface area contributed by atoms with Gasteiger partial charge in [0.25, 0.3) is 0 Å². The van der Waals surface area contributed by atoms with Crippen LogP contribution in [0.15, 0.2) is 0 Å². The van der Waals surface area contributed by atoms with E-state index in [2.05, 4.69) is 0 Å². The largest absolute Gasteiger partial charge is 0.480 e. The predicted octanol–water partition coefficient (Wildman–Crippen LogP) is 6.01. The minimum absolute atomic E-state index is 0.0398. The second kappa shape index (κ2) is 8.13. The highest BCUT2D eigenvalue weighted by Crippen LogP contribution is 3.13. The number of hydrogen-bond acceptors (Lipinski definition) is 10. The van der Waals surface area contributed by atoms with E-state index < -0.39 is 141 Å². The van der Waals surface area contributed by atoms with Gasteiger partial charge in [-0.05, 0) is 276 Å². The van der Waals surface area contributed by atoms with Gasteiger partial charge in [-0.1, -0.05) is 0 Å². The Kier molecular flexibility index (Phi) is 3.44. The first-order valence-corrected chi connectivity index (χ1v) is 31.8. The van der Waals surface area contributed by atoms with E-state index in [-0.39, 0.29) is 200 Å². The molecule has 4 atom stereocenters. The van der Waals surface area contributed by atoms with E-state index in [0.717, 1.165) is 0 Å². The molecule has 0 saturated heterocycles. The van der Waals surface area contributed by atoms with Crippen LogP contribution < -0.4 is 0 Å². The van der Waals surface area contributed by atoms with Crippen molar-refractivity contribution in [2.75, 3.05) is 0 Å². The van der Waals surface area contributed by atoms with Crippen molar-refractivity contribution in [3.63, 3.8) is 0 Å². The molecule has 0 amide bonds. The maximum atomic E-state index is 16.3. The maximum Gasteiger partial charge on any atom is 0.323 e. The summed E-state index contributed by atoms with van der Waals surface area (Å²) in [7, 11) is 0. The molecular formula is C75H10O20. The summed E-state index contributed by atoms with van der Waals surface area (Å²) in [6.45, 7) is 0. The zero-order chi connectivity index (χ0) is 62.1. The van der Waals surface area contributed by atoms with E-state index in [9.17, 15) is 51.1 Å². The summed E-state index contributed by atoms with van der Waals surface area (Å²) in [6.07, 6.45) is 0. The Labute approximate surface area is 513 Å². The van der Waals surface area contributed by atoms with Crippen molar-refractivity contribution in [1.29, 1.82) is 0 Å². The highest BCUT2D eigenvalue weighted by molar-refractivity contribution is 6.63. The average Bonchev–Trinajstić information content (AvgIpc) is 1.31. The van der Waals surface area contributed by atoms with Crippen LogP contribution in [0.5, 0.6) is 0 Å². The van der Waals surface area contributed by atoms with Gasteiger partial charge in [0.2, 0.25) is 0 Å². The number of carboxylic acid groups (broad SMARTS) is 10. The number of aliphatic carboxylic acids is 10. The van der Waals surface area contributed by atoms with E-state index in [1.165, 1.54) is 0 Å².